The normalized spacial score (nSPS) is 13.9. The third-order valence-electron chi connectivity index (χ3n) is 2.67. The zero-order chi connectivity index (χ0) is 11.9. The number of carbonyl (C=O) groups is 1. The molecule has 0 spiro atoms. The number of hydrogen-bond donors (Lipinski definition) is 4. The van der Waals surface area contributed by atoms with Gasteiger partial charge in [-0.3, -0.25) is 4.79 Å². The van der Waals surface area contributed by atoms with E-state index in [0.717, 1.165) is 6.42 Å². The number of aliphatic hydroxyl groups excluding tert-OH is 3. The van der Waals surface area contributed by atoms with Crippen LogP contribution in [-0.2, 0) is 4.79 Å². The molecule has 1 unspecified atom stereocenters. The van der Waals surface area contributed by atoms with Crippen LogP contribution in [0.2, 0.25) is 0 Å². The SMILES string of the molecule is CCCC(CC(CO)(CO)CO)C(=O)O. The van der Waals surface area contributed by atoms with Gasteiger partial charge in [-0.15, -0.1) is 0 Å². The molecule has 15 heavy (non-hydrogen) atoms. The Morgan fingerprint density at radius 1 is 1.20 bits per heavy atom. The maximum absolute atomic E-state index is 10.9. The van der Waals surface area contributed by atoms with Gasteiger partial charge in [0.15, 0.2) is 0 Å². The Morgan fingerprint density at radius 3 is 1.93 bits per heavy atom. The van der Waals surface area contributed by atoms with Crippen molar-refractivity contribution in [3.8, 4) is 0 Å². The monoisotopic (exact) mass is 220 g/mol. The van der Waals surface area contributed by atoms with Gasteiger partial charge in [0.2, 0.25) is 0 Å². The third kappa shape index (κ3) is 4.15. The van der Waals surface area contributed by atoms with Gasteiger partial charge in [-0.1, -0.05) is 13.3 Å². The highest BCUT2D eigenvalue weighted by Crippen LogP contribution is 2.28. The van der Waals surface area contributed by atoms with Gasteiger partial charge < -0.3 is 20.4 Å². The summed E-state index contributed by atoms with van der Waals surface area (Å²) >= 11 is 0. The Labute approximate surface area is 89.4 Å². The summed E-state index contributed by atoms with van der Waals surface area (Å²) in [6, 6.07) is 0. The van der Waals surface area contributed by atoms with Crippen molar-refractivity contribution in [3.05, 3.63) is 0 Å². The summed E-state index contributed by atoms with van der Waals surface area (Å²) in [5, 5.41) is 36.1. The van der Waals surface area contributed by atoms with E-state index < -0.39 is 37.1 Å². The van der Waals surface area contributed by atoms with Gasteiger partial charge in [-0.2, -0.15) is 0 Å². The molecule has 4 N–H and O–H groups in total. The lowest BCUT2D eigenvalue weighted by molar-refractivity contribution is -0.144. The molecular weight excluding hydrogens is 200 g/mol. The maximum Gasteiger partial charge on any atom is 0.306 e. The maximum atomic E-state index is 10.9. The van der Waals surface area contributed by atoms with E-state index in [-0.39, 0.29) is 6.42 Å². The van der Waals surface area contributed by atoms with Crippen LogP contribution in [0.25, 0.3) is 0 Å². The summed E-state index contributed by atoms with van der Waals surface area (Å²) in [7, 11) is 0. The van der Waals surface area contributed by atoms with Gasteiger partial charge in [0.05, 0.1) is 25.7 Å². The second kappa shape index (κ2) is 6.76. The Balaban J connectivity index is 4.52. The molecule has 0 radical (unpaired) electrons. The molecule has 0 aliphatic rings. The van der Waals surface area contributed by atoms with Crippen LogP contribution in [0.3, 0.4) is 0 Å². The van der Waals surface area contributed by atoms with E-state index in [1.165, 1.54) is 0 Å². The highest BCUT2D eigenvalue weighted by molar-refractivity contribution is 5.70. The average molecular weight is 220 g/mol. The second-order valence-corrected chi connectivity index (χ2v) is 4.00. The van der Waals surface area contributed by atoms with Gasteiger partial charge in [-0.05, 0) is 12.8 Å². The van der Waals surface area contributed by atoms with Crippen LogP contribution in [0.5, 0.6) is 0 Å². The van der Waals surface area contributed by atoms with E-state index in [1.807, 2.05) is 6.92 Å². The predicted molar refractivity (Wildman–Crippen MR) is 54.3 cm³/mol. The first-order valence-corrected chi connectivity index (χ1v) is 5.10. The van der Waals surface area contributed by atoms with E-state index in [2.05, 4.69) is 0 Å². The van der Waals surface area contributed by atoms with Crippen LogP contribution in [0.4, 0.5) is 0 Å². The Bertz CT molecular complexity index is 180. The lowest BCUT2D eigenvalue weighted by Crippen LogP contribution is -2.37. The van der Waals surface area contributed by atoms with E-state index in [4.69, 9.17) is 20.4 Å². The zero-order valence-electron chi connectivity index (χ0n) is 9.02. The molecule has 0 fully saturated rings. The Morgan fingerprint density at radius 2 is 1.67 bits per heavy atom. The molecule has 0 amide bonds. The van der Waals surface area contributed by atoms with Crippen LogP contribution in [-0.4, -0.2) is 46.2 Å². The molecule has 90 valence electrons. The molecule has 1 atom stereocenters. The van der Waals surface area contributed by atoms with Crippen LogP contribution in [0, 0.1) is 11.3 Å². The first-order valence-electron chi connectivity index (χ1n) is 5.10. The van der Waals surface area contributed by atoms with Crippen LogP contribution in [0.1, 0.15) is 26.2 Å². The summed E-state index contributed by atoms with van der Waals surface area (Å²) in [6.45, 7) is 0.642. The van der Waals surface area contributed by atoms with Gasteiger partial charge in [0.1, 0.15) is 0 Å². The van der Waals surface area contributed by atoms with Crippen molar-refractivity contribution in [3.63, 3.8) is 0 Å². The van der Waals surface area contributed by atoms with Crippen LogP contribution >= 0.6 is 0 Å². The molecule has 0 aromatic heterocycles. The minimum Gasteiger partial charge on any atom is -0.481 e. The lowest BCUT2D eigenvalue weighted by atomic mass is 9.79. The summed E-state index contributed by atoms with van der Waals surface area (Å²) in [4.78, 5) is 10.9. The van der Waals surface area contributed by atoms with Crippen molar-refractivity contribution < 1.29 is 25.2 Å². The molecule has 0 saturated heterocycles. The lowest BCUT2D eigenvalue weighted by Gasteiger charge is -2.30. The van der Waals surface area contributed by atoms with Crippen molar-refractivity contribution in [2.24, 2.45) is 11.3 Å². The standard InChI is InChI=1S/C10H20O5/c1-2-3-8(9(14)15)4-10(5-11,6-12)7-13/h8,11-13H,2-7H2,1H3,(H,14,15). The number of carboxylic acids is 1. The first kappa shape index (κ1) is 14.3. The van der Waals surface area contributed by atoms with Crippen molar-refractivity contribution in [2.75, 3.05) is 19.8 Å². The number of rotatable bonds is 8. The Hall–Kier alpha value is -0.650. The average Bonchev–Trinajstić information content (AvgIpc) is 2.24. The smallest absolute Gasteiger partial charge is 0.306 e. The predicted octanol–water partition coefficient (Wildman–Crippen LogP) is -0.159. The van der Waals surface area contributed by atoms with Gasteiger partial charge >= 0.3 is 5.97 Å². The molecule has 0 aromatic carbocycles. The molecule has 5 heteroatoms. The molecule has 0 heterocycles. The Kier molecular flexibility index (Phi) is 6.47. The fourth-order valence-corrected chi connectivity index (χ4v) is 1.53. The highest BCUT2D eigenvalue weighted by atomic mass is 16.4. The molecule has 0 rings (SSSR count). The molecule has 0 bridgehead atoms. The molecule has 0 aliphatic carbocycles. The first-order chi connectivity index (χ1) is 7.05. The second-order valence-electron chi connectivity index (χ2n) is 4.00. The van der Waals surface area contributed by atoms with Crippen molar-refractivity contribution >= 4 is 5.97 Å². The number of hydrogen-bond acceptors (Lipinski definition) is 4. The molecule has 0 aromatic rings. The van der Waals surface area contributed by atoms with E-state index in [0.29, 0.717) is 6.42 Å². The van der Waals surface area contributed by atoms with Crippen molar-refractivity contribution in [2.45, 2.75) is 26.2 Å². The number of aliphatic hydroxyl groups is 3. The van der Waals surface area contributed by atoms with Gasteiger partial charge in [-0.25, -0.2) is 0 Å². The van der Waals surface area contributed by atoms with Gasteiger partial charge in [0.25, 0.3) is 0 Å². The minimum atomic E-state index is -1.09. The summed E-state index contributed by atoms with van der Waals surface area (Å²) in [5.41, 5.74) is -1.09. The largest absolute Gasteiger partial charge is 0.481 e. The van der Waals surface area contributed by atoms with Crippen molar-refractivity contribution in [1.29, 1.82) is 0 Å². The van der Waals surface area contributed by atoms with E-state index >= 15 is 0 Å². The third-order valence-corrected chi connectivity index (χ3v) is 2.67. The molecular formula is C10H20O5. The minimum absolute atomic E-state index is 0.0969. The molecule has 0 saturated carbocycles. The highest BCUT2D eigenvalue weighted by Gasteiger charge is 2.33. The number of carboxylic acid groups (broad SMARTS) is 1. The van der Waals surface area contributed by atoms with Crippen molar-refractivity contribution in [1.82, 2.24) is 0 Å². The summed E-state index contributed by atoms with van der Waals surface area (Å²) in [5.74, 6) is -1.57. The van der Waals surface area contributed by atoms with E-state index in [9.17, 15) is 4.79 Å². The van der Waals surface area contributed by atoms with Crippen LogP contribution < -0.4 is 0 Å². The summed E-state index contributed by atoms with van der Waals surface area (Å²) < 4.78 is 0. The fourth-order valence-electron chi connectivity index (χ4n) is 1.53. The van der Waals surface area contributed by atoms with Gasteiger partial charge in [0, 0.05) is 5.41 Å². The fraction of sp³-hybridized carbons (Fsp3) is 0.900. The summed E-state index contributed by atoms with van der Waals surface area (Å²) in [6.07, 6.45) is 1.30. The van der Waals surface area contributed by atoms with E-state index in [1.54, 1.807) is 0 Å². The quantitative estimate of drug-likeness (QED) is 0.455. The molecule has 0 aliphatic heterocycles. The zero-order valence-corrected chi connectivity index (χ0v) is 9.02. The topological polar surface area (TPSA) is 98.0 Å². The van der Waals surface area contributed by atoms with Crippen LogP contribution in [0.15, 0.2) is 0 Å². The molecule has 5 nitrogen and oxygen atoms in total. The number of aliphatic carboxylic acids is 1.